The van der Waals surface area contributed by atoms with Crippen LogP contribution in [0.2, 0.25) is 0 Å². The normalized spacial score (nSPS) is 20.4. The van der Waals surface area contributed by atoms with Crippen molar-refractivity contribution in [3.8, 4) is 88.3 Å². The van der Waals surface area contributed by atoms with E-state index in [-0.39, 0.29) is 63.3 Å². The summed E-state index contributed by atoms with van der Waals surface area (Å²) in [5.41, 5.74) is 3.91. The number of ether oxygens (including phenoxy) is 3. The minimum Gasteiger partial charge on any atom is -0.502 e. The Morgan fingerprint density at radius 2 is 0.754 bits per heavy atom. The SMILES string of the molecule is CC(C)N1CC(C(c2ccccc2)n2cc(C#CC3(C)COC3)c(C#CC3(C)CCC3)n2)n2ncc(=O)c(O)c2C1=O.CC(C)N1CC(C(c2ccccc2)n2cc(C#CC3COC3)c(C#CC3CCC3)n2)n2ncc(=O)c(O)c2C1=O.CN1CC(C(c2ccccc2)n2cc(C#CC3(C)COC3)c(C#CC3(C)CCC3)n2)n2ncc(=O)c(O)c2C1=O. The summed E-state index contributed by atoms with van der Waals surface area (Å²) in [6.07, 6.45) is 18.9. The lowest BCUT2D eigenvalue weighted by atomic mass is 9.71. The summed E-state index contributed by atoms with van der Waals surface area (Å²) >= 11 is 0. The van der Waals surface area contributed by atoms with E-state index in [1.165, 1.54) is 38.2 Å². The summed E-state index contributed by atoms with van der Waals surface area (Å²) < 4.78 is 26.0. The Bertz CT molecular complexity index is 6000. The quantitative estimate of drug-likeness (QED) is 0.101. The van der Waals surface area contributed by atoms with Gasteiger partial charge in [0.1, 0.15) is 18.1 Å². The van der Waals surface area contributed by atoms with Gasteiger partial charge in [-0.2, -0.15) is 30.6 Å². The molecular formula is C95H97N15O12. The summed E-state index contributed by atoms with van der Waals surface area (Å²) in [7, 11) is 1.65. The molecule has 6 unspecified atom stereocenters. The molecular weight excluding hydrogens is 1540 g/mol. The van der Waals surface area contributed by atoms with Crippen molar-refractivity contribution in [1.29, 1.82) is 0 Å². The first kappa shape index (κ1) is 82.7. The van der Waals surface area contributed by atoms with Crippen molar-refractivity contribution < 1.29 is 43.9 Å². The fourth-order valence-corrected chi connectivity index (χ4v) is 16.4. The highest BCUT2D eigenvalue weighted by atomic mass is 16.5. The highest BCUT2D eigenvalue weighted by Crippen LogP contribution is 2.44. The van der Waals surface area contributed by atoms with Gasteiger partial charge in [0.05, 0.1) is 110 Å². The number of hydrogen-bond donors (Lipinski definition) is 3. The first-order valence-corrected chi connectivity index (χ1v) is 41.8. The predicted octanol–water partition coefficient (Wildman–Crippen LogP) is 9.75. The van der Waals surface area contributed by atoms with E-state index in [2.05, 4.69) is 114 Å². The lowest BCUT2D eigenvalue weighted by Crippen LogP contribution is -2.50. The Kier molecular flexibility index (Phi) is 23.0. The largest absolute Gasteiger partial charge is 0.502 e. The summed E-state index contributed by atoms with van der Waals surface area (Å²) in [6.45, 7) is 20.7. The Morgan fingerprint density at radius 1 is 0.410 bits per heavy atom. The number of hydrogen-bond acceptors (Lipinski definition) is 18. The van der Waals surface area contributed by atoms with Crippen LogP contribution in [0.5, 0.6) is 17.2 Å². The molecule has 9 aromatic rings. The Balaban J connectivity index is 0.000000136. The fraction of sp³-hybridized carbons (Fsp3) is 0.432. The number of likely N-dealkylation sites (N-methyl/N-ethyl adjacent to an activating group) is 1. The number of nitrogens with zero attached hydrogens (tertiary/aromatic N) is 15. The molecule has 3 saturated carbocycles. The molecule has 3 amide bonds. The first-order valence-electron chi connectivity index (χ1n) is 41.8. The van der Waals surface area contributed by atoms with Gasteiger partial charge in [0.25, 0.3) is 17.7 Å². The molecule has 3 N–H and O–H groups in total. The fourth-order valence-electron chi connectivity index (χ4n) is 16.4. The maximum Gasteiger partial charge on any atom is 0.276 e. The van der Waals surface area contributed by atoms with Crippen molar-refractivity contribution in [3.05, 3.63) is 226 Å². The van der Waals surface area contributed by atoms with E-state index in [0.29, 0.717) is 75.7 Å². The van der Waals surface area contributed by atoms with Crippen LogP contribution in [0.1, 0.15) is 231 Å². The number of fused-ring (bicyclic) bond motifs is 3. The number of carbonyl (C=O) groups excluding carboxylic acids is 3. The highest BCUT2D eigenvalue weighted by molar-refractivity contribution is 5.97. The number of carbonyl (C=O) groups is 3. The van der Waals surface area contributed by atoms with Crippen molar-refractivity contribution in [2.45, 2.75) is 162 Å². The summed E-state index contributed by atoms with van der Waals surface area (Å²) in [6, 6.07) is 26.4. The topological polar surface area (TPSA) is 307 Å². The lowest BCUT2D eigenvalue weighted by molar-refractivity contribution is -0.0648. The van der Waals surface area contributed by atoms with Gasteiger partial charge in [-0.05, 0) is 128 Å². The zero-order chi connectivity index (χ0) is 85.5. The maximum absolute atomic E-state index is 13.5. The maximum atomic E-state index is 13.5. The van der Waals surface area contributed by atoms with Crippen molar-refractivity contribution in [1.82, 2.24) is 73.4 Å². The van der Waals surface area contributed by atoms with E-state index in [1.54, 1.807) is 16.8 Å². The first-order chi connectivity index (χ1) is 58.6. The lowest BCUT2D eigenvalue weighted by Gasteiger charge is -2.40. The van der Waals surface area contributed by atoms with E-state index < -0.39 is 87.5 Å². The van der Waals surface area contributed by atoms with Gasteiger partial charge < -0.3 is 44.2 Å². The van der Waals surface area contributed by atoms with Crippen LogP contribution in [-0.4, -0.2) is 185 Å². The molecule has 3 saturated heterocycles. The van der Waals surface area contributed by atoms with Crippen LogP contribution in [0, 0.1) is 105 Å². The van der Waals surface area contributed by atoms with E-state index in [9.17, 15) is 44.1 Å². The molecule has 27 nitrogen and oxygen atoms in total. The molecule has 122 heavy (non-hydrogen) atoms. The molecule has 6 aromatic heterocycles. The number of aromatic nitrogens is 12. The average Bonchev–Trinajstić information content (AvgIpc) is 1.13. The van der Waals surface area contributed by atoms with Gasteiger partial charge in [-0.25, -0.2) is 14.0 Å². The minimum atomic E-state index is -0.697. The van der Waals surface area contributed by atoms with Crippen molar-refractivity contribution in [2.24, 2.45) is 33.5 Å². The van der Waals surface area contributed by atoms with Gasteiger partial charge in [0, 0.05) is 74.1 Å². The summed E-state index contributed by atoms with van der Waals surface area (Å²) in [5, 5.41) is 60.0. The molecule has 624 valence electrons. The van der Waals surface area contributed by atoms with E-state index in [4.69, 9.17) is 29.5 Å². The van der Waals surface area contributed by atoms with E-state index in [0.717, 1.165) is 90.5 Å². The summed E-state index contributed by atoms with van der Waals surface area (Å²) in [4.78, 5) is 81.6. The predicted molar refractivity (Wildman–Crippen MR) is 452 cm³/mol. The van der Waals surface area contributed by atoms with Crippen LogP contribution in [0.15, 0.2) is 143 Å². The van der Waals surface area contributed by atoms with Gasteiger partial charge in [-0.1, -0.05) is 164 Å². The number of rotatable bonds is 11. The molecule has 0 radical (unpaired) electrons. The zero-order valence-corrected chi connectivity index (χ0v) is 69.8. The molecule has 3 aromatic carbocycles. The highest BCUT2D eigenvalue weighted by Gasteiger charge is 2.46. The molecule has 0 bridgehead atoms. The third-order valence-electron chi connectivity index (χ3n) is 24.5. The molecule has 27 heteroatoms. The monoisotopic (exact) mass is 1640 g/mol. The van der Waals surface area contributed by atoms with Crippen molar-refractivity contribution in [2.75, 3.05) is 66.3 Å². The van der Waals surface area contributed by atoms with Crippen LogP contribution in [0.25, 0.3) is 0 Å². The van der Waals surface area contributed by atoms with Crippen LogP contribution in [0.3, 0.4) is 0 Å². The molecule has 12 heterocycles. The molecule has 6 fully saturated rings. The van der Waals surface area contributed by atoms with Crippen LogP contribution < -0.4 is 16.3 Å². The Labute approximate surface area is 707 Å². The minimum absolute atomic E-state index is 0.0141. The molecule has 3 aliphatic carbocycles. The average molecular weight is 1640 g/mol. The number of amides is 3. The Hall–Kier alpha value is -13.0. The second-order valence-electron chi connectivity index (χ2n) is 35.0. The van der Waals surface area contributed by atoms with Gasteiger partial charge >= 0.3 is 0 Å². The molecule has 0 spiro atoms. The van der Waals surface area contributed by atoms with Gasteiger partial charge in [0.15, 0.2) is 51.4 Å². The van der Waals surface area contributed by atoms with Crippen LogP contribution in [-0.2, 0) is 14.2 Å². The number of benzene rings is 3. The van der Waals surface area contributed by atoms with Crippen LogP contribution >= 0.6 is 0 Å². The van der Waals surface area contributed by atoms with E-state index >= 15 is 0 Å². The number of aromatic hydroxyl groups is 3. The standard InChI is InChI=1S/C33H35N5O4.2C31H31N5O4/c1-22(2)36-19-26(38-29(31(36)41)30(40)27(39)17-34-38)28(23-9-6-5-7-10-23)37-18-24(11-15-33(4)20-42-21-33)25(35-37)12-16-32(3)13-8-14-32;1-30(12-7-13-30)15-11-23-22(10-14-31(2)19-40-20-31)17-35(33-23)26(21-8-5-4-6-9-21)24-18-34(3)29(39)27-28(38)25(37)16-32-36(24)27;1-20(2)34-17-26(36-29(31(34)39)30(38)27(37)15-32-36)28(23-9-4-3-5-10-23)35-16-24(13-11-22-18-40-19-22)25(33-35)14-12-21-7-6-8-21/h5-7,9-10,17-18,22,26,28,40H,8,13-14,19-21H2,1-4H3;4-6,8-9,16-17,24,26,38H,7,12-13,18-20H2,1-3H3;3-5,9-10,15-16,20-22,26,28,38H,6-8,17-19H2,1-2H3. The van der Waals surface area contributed by atoms with Crippen LogP contribution in [0.4, 0.5) is 0 Å². The third kappa shape index (κ3) is 16.7. The molecule has 6 aliphatic heterocycles. The molecule has 9 aliphatic rings. The van der Waals surface area contributed by atoms with Gasteiger partial charge in [0.2, 0.25) is 16.3 Å². The van der Waals surface area contributed by atoms with Crippen molar-refractivity contribution in [3.63, 3.8) is 0 Å². The van der Waals surface area contributed by atoms with Gasteiger partial charge in [-0.3, -0.25) is 42.8 Å². The smallest absolute Gasteiger partial charge is 0.276 e. The second kappa shape index (κ2) is 33.9. The third-order valence-corrected chi connectivity index (χ3v) is 24.5. The second-order valence-corrected chi connectivity index (χ2v) is 35.0. The van der Waals surface area contributed by atoms with E-state index in [1.807, 2.05) is 151 Å². The van der Waals surface area contributed by atoms with Crippen molar-refractivity contribution >= 4 is 17.7 Å². The Morgan fingerprint density at radius 3 is 1.07 bits per heavy atom. The zero-order valence-electron chi connectivity index (χ0n) is 69.8. The summed E-state index contributed by atoms with van der Waals surface area (Å²) in [5.74, 6) is 37.6. The van der Waals surface area contributed by atoms with Gasteiger partial charge in [-0.15, -0.1) is 0 Å². The molecule has 6 atom stereocenters. The molecule has 18 rings (SSSR count).